The minimum atomic E-state index is -0.924. The van der Waals surface area contributed by atoms with Gasteiger partial charge < -0.3 is 0 Å². The molecule has 17 heavy (non-hydrogen) atoms. The molecule has 2 aromatic rings. The van der Waals surface area contributed by atoms with Crippen LogP contribution in [0.3, 0.4) is 0 Å². The molecule has 0 unspecified atom stereocenters. The molecule has 1 heterocycles. The van der Waals surface area contributed by atoms with Gasteiger partial charge in [0.15, 0.2) is 16.8 Å². The van der Waals surface area contributed by atoms with Gasteiger partial charge in [0.05, 0.1) is 5.69 Å². The molecule has 88 valence electrons. The van der Waals surface area contributed by atoms with Gasteiger partial charge in [-0.05, 0) is 37.1 Å². The van der Waals surface area contributed by atoms with Crippen molar-refractivity contribution in [3.05, 3.63) is 46.1 Å². The maximum absolute atomic E-state index is 13.6. The average Bonchev–Trinajstić information content (AvgIpc) is 2.31. The van der Waals surface area contributed by atoms with Crippen molar-refractivity contribution in [3.8, 4) is 11.3 Å². The fourth-order valence-corrected chi connectivity index (χ4v) is 1.70. The van der Waals surface area contributed by atoms with Crippen molar-refractivity contribution < 1.29 is 8.78 Å². The number of hydrogen-bond donors (Lipinski definition) is 0. The SMILES string of the molecule is Cc1c(Cl)nnc(-c2cccc(F)c2F)c1C. The van der Waals surface area contributed by atoms with Crippen molar-refractivity contribution in [3.63, 3.8) is 0 Å². The van der Waals surface area contributed by atoms with Gasteiger partial charge in [-0.15, -0.1) is 10.2 Å². The standard InChI is InChI=1S/C12H9ClF2N2/c1-6-7(2)12(13)17-16-11(6)8-4-3-5-9(14)10(8)15/h3-5H,1-2H3. The first-order chi connectivity index (χ1) is 8.02. The fourth-order valence-electron chi connectivity index (χ4n) is 1.52. The molecule has 5 heteroatoms. The number of halogens is 3. The van der Waals surface area contributed by atoms with Gasteiger partial charge in [0.1, 0.15) is 0 Å². The summed E-state index contributed by atoms with van der Waals surface area (Å²) in [4.78, 5) is 0. The van der Waals surface area contributed by atoms with Crippen LogP contribution < -0.4 is 0 Å². The summed E-state index contributed by atoms with van der Waals surface area (Å²) < 4.78 is 26.8. The highest BCUT2D eigenvalue weighted by Gasteiger charge is 2.15. The molecule has 2 nitrogen and oxygen atoms in total. The largest absolute Gasteiger partial charge is 0.204 e. The van der Waals surface area contributed by atoms with Crippen molar-refractivity contribution >= 4 is 11.6 Å². The van der Waals surface area contributed by atoms with Crippen LogP contribution in [-0.2, 0) is 0 Å². The Morgan fingerprint density at radius 2 is 1.76 bits per heavy atom. The van der Waals surface area contributed by atoms with Gasteiger partial charge in [-0.3, -0.25) is 0 Å². The predicted molar refractivity (Wildman–Crippen MR) is 61.9 cm³/mol. The Morgan fingerprint density at radius 3 is 2.47 bits per heavy atom. The summed E-state index contributed by atoms with van der Waals surface area (Å²) in [5, 5.41) is 7.80. The highest BCUT2D eigenvalue weighted by atomic mass is 35.5. The van der Waals surface area contributed by atoms with E-state index >= 15 is 0 Å². The third-order valence-electron chi connectivity index (χ3n) is 2.67. The summed E-state index contributed by atoms with van der Waals surface area (Å²) in [6.07, 6.45) is 0. The third-order valence-corrected chi connectivity index (χ3v) is 3.03. The second-order valence-electron chi connectivity index (χ2n) is 3.69. The topological polar surface area (TPSA) is 25.8 Å². The Kier molecular flexibility index (Phi) is 3.07. The van der Waals surface area contributed by atoms with Crippen molar-refractivity contribution in [2.45, 2.75) is 13.8 Å². The summed E-state index contributed by atoms with van der Waals surface area (Å²) in [6.45, 7) is 3.50. The van der Waals surface area contributed by atoms with Crippen LogP contribution in [-0.4, -0.2) is 10.2 Å². The molecule has 1 aromatic carbocycles. The van der Waals surface area contributed by atoms with Crippen molar-refractivity contribution in [1.29, 1.82) is 0 Å². The molecule has 0 bridgehead atoms. The fraction of sp³-hybridized carbons (Fsp3) is 0.167. The minimum absolute atomic E-state index is 0.0924. The zero-order valence-corrected chi connectivity index (χ0v) is 10.0. The van der Waals surface area contributed by atoms with E-state index in [2.05, 4.69) is 10.2 Å². The number of nitrogens with zero attached hydrogens (tertiary/aromatic N) is 2. The molecule has 0 saturated heterocycles. The first kappa shape index (κ1) is 11.9. The molecule has 0 radical (unpaired) electrons. The lowest BCUT2D eigenvalue weighted by molar-refractivity contribution is 0.510. The Morgan fingerprint density at radius 1 is 1.06 bits per heavy atom. The van der Waals surface area contributed by atoms with E-state index in [1.165, 1.54) is 12.1 Å². The van der Waals surface area contributed by atoms with Gasteiger partial charge in [0.2, 0.25) is 0 Å². The molecule has 2 rings (SSSR count). The lowest BCUT2D eigenvalue weighted by atomic mass is 10.0. The van der Waals surface area contributed by atoms with E-state index in [4.69, 9.17) is 11.6 Å². The van der Waals surface area contributed by atoms with Crippen LogP contribution in [0.15, 0.2) is 18.2 Å². The smallest absolute Gasteiger partial charge is 0.168 e. The third kappa shape index (κ3) is 2.00. The van der Waals surface area contributed by atoms with E-state index in [0.717, 1.165) is 6.07 Å². The van der Waals surface area contributed by atoms with E-state index in [-0.39, 0.29) is 10.7 Å². The van der Waals surface area contributed by atoms with Gasteiger partial charge in [0.25, 0.3) is 0 Å². The van der Waals surface area contributed by atoms with Crippen LogP contribution >= 0.6 is 11.6 Å². The van der Waals surface area contributed by atoms with Gasteiger partial charge in [-0.1, -0.05) is 17.7 Å². The van der Waals surface area contributed by atoms with Crippen LogP contribution in [0.4, 0.5) is 8.78 Å². The van der Waals surface area contributed by atoms with Gasteiger partial charge >= 0.3 is 0 Å². The van der Waals surface area contributed by atoms with E-state index in [9.17, 15) is 8.78 Å². The van der Waals surface area contributed by atoms with E-state index in [0.29, 0.717) is 16.8 Å². The summed E-state index contributed by atoms with van der Waals surface area (Å²) in [5.74, 6) is -1.83. The van der Waals surface area contributed by atoms with Gasteiger partial charge in [-0.2, -0.15) is 0 Å². The second kappa shape index (κ2) is 4.37. The average molecular weight is 255 g/mol. The van der Waals surface area contributed by atoms with Crippen molar-refractivity contribution in [2.24, 2.45) is 0 Å². The Labute approximate surface area is 102 Å². The second-order valence-corrected chi connectivity index (χ2v) is 4.05. The minimum Gasteiger partial charge on any atom is -0.204 e. The summed E-state index contributed by atoms with van der Waals surface area (Å²) in [7, 11) is 0. The van der Waals surface area contributed by atoms with E-state index in [1.807, 2.05) is 0 Å². The molecule has 0 atom stereocenters. The quantitative estimate of drug-likeness (QED) is 0.776. The summed E-state index contributed by atoms with van der Waals surface area (Å²) in [5.41, 5.74) is 1.80. The van der Waals surface area contributed by atoms with Crippen LogP contribution in [0.5, 0.6) is 0 Å². The first-order valence-electron chi connectivity index (χ1n) is 4.96. The first-order valence-corrected chi connectivity index (χ1v) is 5.34. The number of aromatic nitrogens is 2. The molecule has 1 aromatic heterocycles. The van der Waals surface area contributed by atoms with Gasteiger partial charge in [-0.25, -0.2) is 8.78 Å². The zero-order valence-electron chi connectivity index (χ0n) is 9.26. The normalized spacial score (nSPS) is 10.6. The predicted octanol–water partition coefficient (Wildman–Crippen LogP) is 3.69. The molecular formula is C12H9ClF2N2. The monoisotopic (exact) mass is 254 g/mol. The summed E-state index contributed by atoms with van der Waals surface area (Å²) >= 11 is 5.80. The number of benzene rings is 1. The Hall–Kier alpha value is -1.55. The molecular weight excluding hydrogens is 246 g/mol. The van der Waals surface area contributed by atoms with Crippen molar-refractivity contribution in [2.75, 3.05) is 0 Å². The molecule has 0 saturated carbocycles. The lowest BCUT2D eigenvalue weighted by Gasteiger charge is -2.08. The van der Waals surface area contributed by atoms with Crippen molar-refractivity contribution in [1.82, 2.24) is 10.2 Å². The van der Waals surface area contributed by atoms with E-state index in [1.54, 1.807) is 13.8 Å². The molecule has 0 fully saturated rings. The van der Waals surface area contributed by atoms with Crippen LogP contribution in [0.25, 0.3) is 11.3 Å². The molecule has 0 aliphatic rings. The number of hydrogen-bond acceptors (Lipinski definition) is 2. The maximum Gasteiger partial charge on any atom is 0.168 e. The molecule has 0 spiro atoms. The molecule has 0 N–H and O–H groups in total. The maximum atomic E-state index is 13.6. The molecule has 0 aliphatic carbocycles. The number of rotatable bonds is 1. The summed E-state index contributed by atoms with van der Waals surface area (Å²) in [6, 6.07) is 3.95. The Bertz CT molecular complexity index is 585. The van der Waals surface area contributed by atoms with E-state index < -0.39 is 11.6 Å². The van der Waals surface area contributed by atoms with Gasteiger partial charge in [0, 0.05) is 5.56 Å². The molecule has 0 amide bonds. The highest BCUT2D eigenvalue weighted by molar-refractivity contribution is 6.30. The molecule has 0 aliphatic heterocycles. The lowest BCUT2D eigenvalue weighted by Crippen LogP contribution is -1.99. The van der Waals surface area contributed by atoms with Crippen LogP contribution in [0.1, 0.15) is 11.1 Å². The zero-order chi connectivity index (χ0) is 12.6. The Balaban J connectivity index is 2.69. The van der Waals surface area contributed by atoms with Crippen LogP contribution in [0.2, 0.25) is 5.15 Å². The highest BCUT2D eigenvalue weighted by Crippen LogP contribution is 2.28. The van der Waals surface area contributed by atoms with Crippen LogP contribution in [0, 0.1) is 25.5 Å².